The van der Waals surface area contributed by atoms with Gasteiger partial charge in [-0.3, -0.25) is 43.5 Å². The third-order valence-corrected chi connectivity index (χ3v) is 19.5. The van der Waals surface area contributed by atoms with Crippen molar-refractivity contribution in [2.45, 2.75) is 137 Å². The number of nitrogens with one attached hydrogen (secondary N) is 2. The van der Waals surface area contributed by atoms with Gasteiger partial charge in [0.15, 0.2) is 29.9 Å². The van der Waals surface area contributed by atoms with Gasteiger partial charge in [-0.05, 0) is 123 Å². The zero-order chi connectivity index (χ0) is 78.8. The number of carbonyl (C=O) groups is 8. The fourth-order valence-corrected chi connectivity index (χ4v) is 13.2. The highest BCUT2D eigenvalue weighted by atomic mass is 16.6. The molecule has 24 heteroatoms. The standard InChI is InChI=1S/C50H64N4O10.C37H36N4O6/c1-37(2)45(49(59)52-39(4)50(60)53-25-21-38(3)22-26-53)35-44(56)15-9-14-43(55)16-10-27-61-29-31-63-33-34-64-32-30-62-28-23-47(57)51-24-20-48(58)54-36-42-13-6-5-11-40(42)18-19-41-12-7-8-17-46(41)54;1-22-12-26-18-38-32-17-35(34(45-4)15-30(32)37(43)40(26)20-22)47-11-5-10-46-33-16-31-29(13-23(33)2)36(42)41-21-25(14-27(41)19-39-31)24-6-8-28(44-3)9-7-24/h5-8,11-13,17,21-22,25-26,37,39,45H,9-10,14-16,20,23-24,27-36H2,1-4H3,(H-,51,52,57,59);6-9,13,15-21,26-27H,5,10-12,14H2,1-4H3/p+1/t39-,45-;26-,27-/m00/s1. The number of carbonyl (C=O) groups excluding carboxylic acids is 8. The molecule has 0 saturated carbocycles. The van der Waals surface area contributed by atoms with Gasteiger partial charge in [0.05, 0.1) is 120 Å². The Morgan fingerprint density at radius 1 is 0.586 bits per heavy atom. The van der Waals surface area contributed by atoms with Gasteiger partial charge in [0, 0.05) is 131 Å². The summed E-state index contributed by atoms with van der Waals surface area (Å²) >= 11 is 0. The van der Waals surface area contributed by atoms with Gasteiger partial charge in [0.25, 0.3) is 11.8 Å². The van der Waals surface area contributed by atoms with Crippen LogP contribution in [0.5, 0.6) is 23.0 Å². The maximum atomic E-state index is 13.6. The highest BCUT2D eigenvalue weighted by Crippen LogP contribution is 2.40. The molecule has 0 radical (unpaired) electrons. The summed E-state index contributed by atoms with van der Waals surface area (Å²) in [6.45, 7) is 15.5. The Kier molecular flexibility index (Phi) is 30.6. The molecule has 0 bridgehead atoms. The highest BCUT2D eigenvalue weighted by molar-refractivity contribution is 6.06. The van der Waals surface area contributed by atoms with Crippen LogP contribution in [0.1, 0.15) is 157 Å². The fraction of sp³-hybridized carbons (Fsp3) is 0.414. The Morgan fingerprint density at radius 2 is 1.18 bits per heavy atom. The van der Waals surface area contributed by atoms with E-state index in [2.05, 4.69) is 27.5 Å². The predicted molar refractivity (Wildman–Crippen MR) is 421 cm³/mol. The van der Waals surface area contributed by atoms with Crippen molar-refractivity contribution in [2.75, 3.05) is 91.7 Å². The van der Waals surface area contributed by atoms with E-state index in [1.807, 2.05) is 157 Å². The first-order valence-electron chi connectivity index (χ1n) is 38.1. The molecule has 5 aliphatic heterocycles. The molecule has 6 aromatic rings. The van der Waals surface area contributed by atoms with Crippen molar-refractivity contribution in [2.24, 2.45) is 21.8 Å². The van der Waals surface area contributed by atoms with Crippen molar-refractivity contribution in [1.29, 1.82) is 0 Å². The topological polar surface area (TPSA) is 273 Å². The number of pyridine rings is 1. The van der Waals surface area contributed by atoms with Crippen molar-refractivity contribution >= 4 is 82.1 Å². The molecule has 0 fully saturated rings. The lowest BCUT2D eigenvalue weighted by Crippen LogP contribution is -2.54. The molecule has 2 N–H and O–H groups in total. The number of ketones is 2. The van der Waals surface area contributed by atoms with Crippen molar-refractivity contribution in [3.63, 3.8) is 0 Å². The van der Waals surface area contributed by atoms with Gasteiger partial charge < -0.3 is 63.2 Å². The molecule has 24 nitrogen and oxygen atoms in total. The number of amides is 5. The number of methoxy groups -OCH3 is 2. The molecular weight excluding hydrogens is 1410 g/mol. The van der Waals surface area contributed by atoms with E-state index >= 15 is 0 Å². The molecule has 5 aliphatic rings. The average molecular weight is 1510 g/mol. The molecule has 0 spiro atoms. The number of benzene rings is 5. The molecule has 4 atom stereocenters. The summed E-state index contributed by atoms with van der Waals surface area (Å²) in [5.74, 6) is 7.11. The SMILES string of the molecule is COc1ccc(C2=CN3C(=O)c4cc(C)c(OCCCOc5cc6c(cc5OC)C(=O)N5C=C(C)C[C@H]5C=N6)cc4N=C[C@@H]3C2)cc1.Cc1cc[n+](C(=O)[C@H](C)NC(=O)[C@@H](CC(=O)CCCC(=O)CCCOCCOCCOCCOCCC(=O)NCCC(=O)N2Cc3ccccc3C#Cc3ccccc32)C(C)C)cc1. The Morgan fingerprint density at radius 3 is 1.86 bits per heavy atom. The van der Waals surface area contributed by atoms with Crippen LogP contribution in [0.4, 0.5) is 17.1 Å². The Bertz CT molecular complexity index is 4500. The van der Waals surface area contributed by atoms with Crippen LogP contribution < -0.4 is 39.0 Å². The summed E-state index contributed by atoms with van der Waals surface area (Å²) in [7, 11) is 3.20. The number of aliphatic imine (C=N–C) groups is 2. The molecule has 11 rings (SSSR count). The summed E-state index contributed by atoms with van der Waals surface area (Å²) in [5.41, 5.74) is 10.8. The molecule has 5 amide bonds. The molecule has 0 saturated heterocycles. The van der Waals surface area contributed by atoms with Crippen molar-refractivity contribution in [3.05, 3.63) is 184 Å². The Hall–Kier alpha value is -11.0. The number of anilines is 1. The zero-order valence-corrected chi connectivity index (χ0v) is 64.7. The van der Waals surface area contributed by atoms with Crippen LogP contribution in [0, 0.1) is 37.5 Å². The lowest BCUT2D eigenvalue weighted by molar-refractivity contribution is -0.575. The number of aromatic nitrogens is 1. The first kappa shape index (κ1) is 82.5. The largest absolute Gasteiger partial charge is 0.497 e. The number of aryl methyl sites for hydroxylation is 2. The second-order valence-electron chi connectivity index (χ2n) is 28.2. The first-order chi connectivity index (χ1) is 53.7. The minimum atomic E-state index is -0.750. The maximum Gasteiger partial charge on any atom is 0.414 e. The number of hydrogen-bond donors (Lipinski definition) is 2. The molecular formula is C87H101N8O16+. The second-order valence-corrected chi connectivity index (χ2v) is 28.2. The smallest absolute Gasteiger partial charge is 0.414 e. The first-order valence-corrected chi connectivity index (χ1v) is 38.1. The summed E-state index contributed by atoms with van der Waals surface area (Å²) in [5, 5.41) is 5.58. The molecule has 0 aliphatic carbocycles. The zero-order valence-electron chi connectivity index (χ0n) is 64.7. The third-order valence-electron chi connectivity index (χ3n) is 19.5. The minimum Gasteiger partial charge on any atom is -0.497 e. The highest BCUT2D eigenvalue weighted by Gasteiger charge is 2.36. The van der Waals surface area contributed by atoms with Crippen LogP contribution >= 0.6 is 0 Å². The third kappa shape index (κ3) is 23.3. The van der Waals surface area contributed by atoms with Crippen molar-refractivity contribution < 1.29 is 80.8 Å². The van der Waals surface area contributed by atoms with Crippen LogP contribution in [0.3, 0.4) is 0 Å². The van der Waals surface area contributed by atoms with Crippen LogP contribution in [-0.4, -0.2) is 174 Å². The number of para-hydroxylation sites is 1. The van der Waals surface area contributed by atoms with E-state index in [0.717, 1.165) is 62.4 Å². The molecule has 1 aromatic heterocycles. The number of nitrogens with zero attached hydrogens (tertiary/aromatic N) is 6. The molecule has 111 heavy (non-hydrogen) atoms. The summed E-state index contributed by atoms with van der Waals surface area (Å²) in [6.07, 6.45) is 15.1. The summed E-state index contributed by atoms with van der Waals surface area (Å²) in [4.78, 5) is 118. The van der Waals surface area contributed by atoms with E-state index in [4.69, 9.17) is 42.9 Å². The lowest BCUT2D eigenvalue weighted by Gasteiger charge is -2.26. The molecule has 0 unspecified atom stereocenters. The van der Waals surface area contributed by atoms with E-state index < -0.39 is 12.0 Å². The van der Waals surface area contributed by atoms with Gasteiger partial charge >= 0.3 is 5.91 Å². The van der Waals surface area contributed by atoms with Gasteiger partial charge in [-0.2, -0.15) is 0 Å². The predicted octanol–water partition coefficient (Wildman–Crippen LogP) is 11.8. The summed E-state index contributed by atoms with van der Waals surface area (Å²) < 4.78 is 46.6. The van der Waals surface area contributed by atoms with Crippen LogP contribution in [0.15, 0.2) is 150 Å². The van der Waals surface area contributed by atoms with Gasteiger partial charge in [0.1, 0.15) is 23.1 Å². The van der Waals surface area contributed by atoms with Crippen molar-refractivity contribution in [1.82, 2.24) is 20.4 Å². The second kappa shape index (κ2) is 41.2. The van der Waals surface area contributed by atoms with Crippen LogP contribution in [0.2, 0.25) is 0 Å². The number of fused-ring (bicyclic) bond motifs is 6. The normalized spacial score (nSPS) is 15.5. The average Bonchev–Trinajstić information content (AvgIpc) is 1.67. The number of Topliss-reactive ketones (excluding diaryl/α,β-unsaturated/α-hetero) is 2. The van der Waals surface area contributed by atoms with E-state index in [-0.39, 0.29) is 104 Å². The van der Waals surface area contributed by atoms with Crippen LogP contribution in [-0.2, 0) is 49.5 Å². The van der Waals surface area contributed by atoms with Gasteiger partial charge in [-0.25, -0.2) is 4.79 Å². The van der Waals surface area contributed by atoms with Gasteiger partial charge in [-0.15, -0.1) is 4.57 Å². The van der Waals surface area contributed by atoms with E-state index in [1.54, 1.807) is 60.4 Å². The summed E-state index contributed by atoms with van der Waals surface area (Å²) in [6, 6.07) is 33.0. The molecule has 5 aromatic carbocycles. The fourth-order valence-electron chi connectivity index (χ4n) is 13.2. The van der Waals surface area contributed by atoms with E-state index in [1.165, 1.54) is 4.57 Å². The minimum absolute atomic E-state index is 0.0616. The number of hydrogen-bond acceptors (Lipinski definition) is 18. The number of rotatable bonds is 38. The molecule has 6 heterocycles. The Labute approximate surface area is 649 Å². The van der Waals surface area contributed by atoms with Crippen LogP contribution in [0.25, 0.3) is 5.57 Å². The van der Waals surface area contributed by atoms with Crippen molar-refractivity contribution in [3.8, 4) is 34.8 Å². The number of ether oxygens (including phenoxy) is 8. The monoisotopic (exact) mass is 1510 g/mol. The molecule has 584 valence electrons. The van der Waals surface area contributed by atoms with Gasteiger partial charge in [0.2, 0.25) is 17.7 Å². The van der Waals surface area contributed by atoms with E-state index in [9.17, 15) is 38.4 Å². The lowest BCUT2D eigenvalue weighted by atomic mass is 9.88. The van der Waals surface area contributed by atoms with E-state index in [0.29, 0.717) is 144 Å². The Balaban J connectivity index is 0.000000246. The quantitative estimate of drug-likeness (QED) is 0.0207. The maximum absolute atomic E-state index is 13.6. The van der Waals surface area contributed by atoms with Gasteiger partial charge in [-0.1, -0.05) is 73.7 Å².